The lowest BCUT2D eigenvalue weighted by molar-refractivity contribution is 0.0697. The van der Waals surface area contributed by atoms with Crippen LogP contribution in [0.3, 0.4) is 0 Å². The van der Waals surface area contributed by atoms with Crippen LogP contribution < -0.4 is 4.90 Å². The maximum Gasteiger partial charge on any atom is 0.414 e. The minimum Gasteiger partial charge on any atom is -0.478 e. The van der Waals surface area contributed by atoms with Crippen molar-refractivity contribution >= 4 is 17.7 Å². The average molecular weight is 287 g/mol. The van der Waals surface area contributed by atoms with Gasteiger partial charge in [-0.1, -0.05) is 30.3 Å². The SMILES string of the molecule is CN(C(=O)OCc1ccccc1)c1cnncc1C(=O)O. The second-order valence-corrected chi connectivity index (χ2v) is 4.19. The molecule has 2 aromatic rings. The van der Waals surface area contributed by atoms with Gasteiger partial charge in [0.25, 0.3) is 0 Å². The molecule has 0 aliphatic carbocycles. The Kier molecular flexibility index (Phi) is 4.45. The van der Waals surface area contributed by atoms with Crippen molar-refractivity contribution in [1.29, 1.82) is 0 Å². The number of anilines is 1. The first kappa shape index (κ1) is 14.4. The van der Waals surface area contributed by atoms with Gasteiger partial charge < -0.3 is 9.84 Å². The first-order chi connectivity index (χ1) is 10.1. The Morgan fingerprint density at radius 3 is 2.52 bits per heavy atom. The summed E-state index contributed by atoms with van der Waals surface area (Å²) < 4.78 is 5.12. The summed E-state index contributed by atoms with van der Waals surface area (Å²) in [7, 11) is 1.41. The molecule has 0 atom stereocenters. The monoisotopic (exact) mass is 287 g/mol. The van der Waals surface area contributed by atoms with Crippen LogP contribution in [0.2, 0.25) is 0 Å². The number of carbonyl (C=O) groups excluding carboxylic acids is 1. The van der Waals surface area contributed by atoms with Crippen molar-refractivity contribution in [2.24, 2.45) is 0 Å². The normalized spacial score (nSPS) is 9.95. The topological polar surface area (TPSA) is 92.6 Å². The van der Waals surface area contributed by atoms with Gasteiger partial charge in [0.05, 0.1) is 18.1 Å². The van der Waals surface area contributed by atoms with Gasteiger partial charge in [-0.25, -0.2) is 9.59 Å². The zero-order valence-electron chi connectivity index (χ0n) is 11.3. The number of carboxylic acid groups (broad SMARTS) is 1. The van der Waals surface area contributed by atoms with Crippen LogP contribution in [-0.2, 0) is 11.3 Å². The molecule has 21 heavy (non-hydrogen) atoms. The zero-order valence-corrected chi connectivity index (χ0v) is 11.3. The van der Waals surface area contributed by atoms with E-state index >= 15 is 0 Å². The lowest BCUT2D eigenvalue weighted by atomic mass is 10.2. The Labute approximate surface area is 120 Å². The standard InChI is InChI=1S/C14H13N3O4/c1-17(12-8-16-15-7-11(12)13(18)19)14(20)21-9-10-5-3-2-4-6-10/h2-8H,9H2,1H3,(H,18,19). The summed E-state index contributed by atoms with van der Waals surface area (Å²) in [5, 5.41) is 16.1. The van der Waals surface area contributed by atoms with Crippen LogP contribution in [0.25, 0.3) is 0 Å². The number of hydrogen-bond acceptors (Lipinski definition) is 5. The fourth-order valence-corrected chi connectivity index (χ4v) is 1.66. The summed E-state index contributed by atoms with van der Waals surface area (Å²) in [6.45, 7) is 0.102. The number of aromatic carboxylic acids is 1. The van der Waals surface area contributed by atoms with E-state index in [9.17, 15) is 9.59 Å². The van der Waals surface area contributed by atoms with Crippen LogP contribution in [0.15, 0.2) is 42.7 Å². The number of carbonyl (C=O) groups is 2. The number of amides is 1. The maximum atomic E-state index is 12.0. The summed E-state index contributed by atoms with van der Waals surface area (Å²) in [4.78, 5) is 24.1. The minimum absolute atomic E-state index is 0.102. The molecule has 0 spiro atoms. The highest BCUT2D eigenvalue weighted by Crippen LogP contribution is 2.18. The third kappa shape index (κ3) is 3.53. The molecule has 1 aromatic carbocycles. The molecule has 0 bridgehead atoms. The molecule has 0 radical (unpaired) electrons. The molecule has 0 fully saturated rings. The van der Waals surface area contributed by atoms with Crippen molar-refractivity contribution in [3.8, 4) is 0 Å². The van der Waals surface area contributed by atoms with Crippen molar-refractivity contribution in [3.63, 3.8) is 0 Å². The summed E-state index contributed by atoms with van der Waals surface area (Å²) in [5.74, 6) is -1.19. The van der Waals surface area contributed by atoms with Crippen LogP contribution >= 0.6 is 0 Å². The Morgan fingerprint density at radius 2 is 1.86 bits per heavy atom. The summed E-state index contributed by atoms with van der Waals surface area (Å²) in [6, 6.07) is 9.18. The third-order valence-electron chi connectivity index (χ3n) is 2.78. The van der Waals surface area contributed by atoms with Gasteiger partial charge >= 0.3 is 12.1 Å². The molecule has 1 amide bonds. The van der Waals surface area contributed by atoms with E-state index in [1.165, 1.54) is 13.2 Å². The van der Waals surface area contributed by atoms with Crippen LogP contribution in [0.1, 0.15) is 15.9 Å². The van der Waals surface area contributed by atoms with Gasteiger partial charge in [-0.3, -0.25) is 4.90 Å². The Balaban J connectivity index is 2.08. The molecule has 0 saturated carbocycles. The Hall–Kier alpha value is -2.96. The summed E-state index contributed by atoms with van der Waals surface area (Å²) in [5.41, 5.74) is 0.838. The van der Waals surface area contributed by atoms with Gasteiger partial charge in [-0.05, 0) is 5.56 Å². The summed E-state index contributed by atoms with van der Waals surface area (Å²) >= 11 is 0. The third-order valence-corrected chi connectivity index (χ3v) is 2.78. The number of carboxylic acids is 1. The molecule has 1 aromatic heterocycles. The zero-order chi connectivity index (χ0) is 15.2. The number of nitrogens with zero attached hydrogens (tertiary/aromatic N) is 3. The first-order valence-corrected chi connectivity index (χ1v) is 6.08. The molecule has 0 aliphatic rings. The van der Waals surface area contributed by atoms with E-state index < -0.39 is 12.1 Å². The minimum atomic E-state index is -1.19. The van der Waals surface area contributed by atoms with Crippen molar-refractivity contribution in [1.82, 2.24) is 10.2 Å². The van der Waals surface area contributed by atoms with Crippen molar-refractivity contribution in [3.05, 3.63) is 53.9 Å². The van der Waals surface area contributed by atoms with Crippen molar-refractivity contribution in [2.75, 3.05) is 11.9 Å². The van der Waals surface area contributed by atoms with Crippen LogP contribution in [0, 0.1) is 0 Å². The van der Waals surface area contributed by atoms with E-state index in [4.69, 9.17) is 9.84 Å². The largest absolute Gasteiger partial charge is 0.478 e. The highest BCUT2D eigenvalue weighted by Gasteiger charge is 2.20. The number of ether oxygens (including phenoxy) is 1. The van der Waals surface area contributed by atoms with E-state index in [1.807, 2.05) is 30.3 Å². The number of rotatable bonds is 4. The molecule has 0 unspecified atom stereocenters. The number of hydrogen-bond donors (Lipinski definition) is 1. The van der Waals surface area contributed by atoms with Crippen LogP contribution in [0.5, 0.6) is 0 Å². The van der Waals surface area contributed by atoms with Gasteiger partial charge in [-0.15, -0.1) is 0 Å². The highest BCUT2D eigenvalue weighted by molar-refractivity contribution is 5.99. The Bertz CT molecular complexity index is 646. The van der Waals surface area contributed by atoms with E-state index in [2.05, 4.69) is 10.2 Å². The van der Waals surface area contributed by atoms with Gasteiger partial charge in [0.15, 0.2) is 0 Å². The van der Waals surface area contributed by atoms with Gasteiger partial charge in [0.2, 0.25) is 0 Å². The van der Waals surface area contributed by atoms with E-state index in [1.54, 1.807) is 0 Å². The second kappa shape index (κ2) is 6.47. The van der Waals surface area contributed by atoms with Crippen molar-refractivity contribution in [2.45, 2.75) is 6.61 Å². The van der Waals surface area contributed by atoms with Crippen molar-refractivity contribution < 1.29 is 19.4 Å². The Morgan fingerprint density at radius 1 is 1.19 bits per heavy atom. The predicted octanol–water partition coefficient (Wildman–Crippen LogP) is 1.95. The van der Waals surface area contributed by atoms with Crippen LogP contribution in [0.4, 0.5) is 10.5 Å². The molecular formula is C14H13N3O4. The van der Waals surface area contributed by atoms with Gasteiger partial charge in [-0.2, -0.15) is 10.2 Å². The fraction of sp³-hybridized carbons (Fsp3) is 0.143. The predicted molar refractivity (Wildman–Crippen MR) is 74.0 cm³/mol. The fourth-order valence-electron chi connectivity index (χ4n) is 1.66. The molecule has 1 heterocycles. The molecular weight excluding hydrogens is 274 g/mol. The maximum absolute atomic E-state index is 12.0. The smallest absolute Gasteiger partial charge is 0.414 e. The summed E-state index contributed by atoms with van der Waals surface area (Å²) in [6.07, 6.45) is 1.61. The van der Waals surface area contributed by atoms with E-state index in [0.29, 0.717) is 0 Å². The van der Waals surface area contributed by atoms with E-state index in [-0.39, 0.29) is 17.9 Å². The molecule has 7 heteroatoms. The number of benzene rings is 1. The molecule has 0 saturated heterocycles. The molecule has 7 nitrogen and oxygen atoms in total. The molecule has 108 valence electrons. The lowest BCUT2D eigenvalue weighted by Crippen LogP contribution is -2.28. The number of aromatic nitrogens is 2. The van der Waals surface area contributed by atoms with E-state index in [0.717, 1.165) is 16.7 Å². The highest BCUT2D eigenvalue weighted by atomic mass is 16.6. The van der Waals surface area contributed by atoms with Gasteiger partial charge in [0.1, 0.15) is 12.2 Å². The van der Waals surface area contributed by atoms with Gasteiger partial charge in [0, 0.05) is 7.05 Å². The quantitative estimate of drug-likeness (QED) is 0.923. The first-order valence-electron chi connectivity index (χ1n) is 6.08. The lowest BCUT2D eigenvalue weighted by Gasteiger charge is -2.18. The second-order valence-electron chi connectivity index (χ2n) is 4.19. The average Bonchev–Trinajstić information content (AvgIpc) is 2.52. The van der Waals surface area contributed by atoms with Crippen LogP contribution in [-0.4, -0.2) is 34.4 Å². The molecule has 0 aliphatic heterocycles. The molecule has 2 rings (SSSR count). The molecule has 1 N–H and O–H groups in total.